The lowest BCUT2D eigenvalue weighted by Crippen LogP contribution is -2.34. The minimum absolute atomic E-state index is 0.0631. The number of carbonyl (C=O) groups excluding carboxylic acids is 1. The number of hydrogen-bond acceptors (Lipinski definition) is 3. The lowest BCUT2D eigenvalue weighted by Gasteiger charge is -2.23. The highest BCUT2D eigenvalue weighted by molar-refractivity contribution is 6.08. The number of rotatable bonds is 3. The van der Waals surface area contributed by atoms with Gasteiger partial charge in [-0.15, -0.1) is 0 Å². The Morgan fingerprint density at radius 1 is 1.29 bits per heavy atom. The van der Waals surface area contributed by atoms with E-state index in [0.29, 0.717) is 11.4 Å². The third-order valence-corrected chi connectivity index (χ3v) is 4.56. The molecule has 4 heteroatoms. The average molecular weight is 283 g/mol. The third kappa shape index (κ3) is 2.71. The van der Waals surface area contributed by atoms with Gasteiger partial charge >= 0.3 is 0 Å². The standard InChI is InChI=1S/C17H21N3O/c1-17(8-4-5-9-17)11-20-16(21)14-10-19-15(18)13-7-3-2-6-12(13)14/h2-3,6-7,10H,4-5,8-9,11H2,1H3,(H2,18,19)(H,20,21). The van der Waals surface area contributed by atoms with Gasteiger partial charge in [0.25, 0.3) is 5.91 Å². The Kier molecular flexibility index (Phi) is 3.53. The molecule has 4 nitrogen and oxygen atoms in total. The van der Waals surface area contributed by atoms with Crippen LogP contribution in [0.4, 0.5) is 5.82 Å². The number of carbonyl (C=O) groups is 1. The van der Waals surface area contributed by atoms with Gasteiger partial charge in [0.15, 0.2) is 0 Å². The molecule has 0 radical (unpaired) electrons. The number of benzene rings is 1. The van der Waals surface area contributed by atoms with Crippen LogP contribution in [-0.4, -0.2) is 17.4 Å². The Morgan fingerprint density at radius 3 is 2.67 bits per heavy atom. The van der Waals surface area contributed by atoms with E-state index < -0.39 is 0 Å². The molecule has 21 heavy (non-hydrogen) atoms. The Labute approximate surface area is 124 Å². The Hall–Kier alpha value is -2.10. The van der Waals surface area contributed by atoms with Gasteiger partial charge in [0.2, 0.25) is 0 Å². The van der Waals surface area contributed by atoms with E-state index in [4.69, 9.17) is 5.73 Å². The number of nitrogens with two attached hydrogens (primary N) is 1. The monoisotopic (exact) mass is 283 g/mol. The zero-order chi connectivity index (χ0) is 14.9. The minimum Gasteiger partial charge on any atom is -0.383 e. The van der Waals surface area contributed by atoms with Crippen molar-refractivity contribution in [2.24, 2.45) is 5.41 Å². The van der Waals surface area contributed by atoms with Gasteiger partial charge in [-0.1, -0.05) is 44.0 Å². The van der Waals surface area contributed by atoms with E-state index in [1.54, 1.807) is 6.20 Å². The number of fused-ring (bicyclic) bond motifs is 1. The SMILES string of the molecule is CC1(CNC(=O)c2cnc(N)c3ccccc23)CCCC1. The molecule has 3 N–H and O–H groups in total. The number of nitrogens with one attached hydrogen (secondary N) is 1. The molecule has 1 aliphatic carbocycles. The number of pyridine rings is 1. The third-order valence-electron chi connectivity index (χ3n) is 4.56. The molecule has 3 rings (SSSR count). The van der Waals surface area contributed by atoms with Crippen LogP contribution in [0, 0.1) is 5.41 Å². The van der Waals surface area contributed by atoms with Crippen LogP contribution in [0.2, 0.25) is 0 Å². The van der Waals surface area contributed by atoms with E-state index in [1.165, 1.54) is 25.7 Å². The predicted octanol–water partition coefficient (Wildman–Crippen LogP) is 3.13. The molecular weight excluding hydrogens is 262 g/mol. The van der Waals surface area contributed by atoms with Crippen LogP contribution >= 0.6 is 0 Å². The van der Waals surface area contributed by atoms with Crippen molar-refractivity contribution >= 4 is 22.5 Å². The predicted molar refractivity (Wildman–Crippen MR) is 85.1 cm³/mol. The first-order chi connectivity index (χ1) is 10.1. The maximum atomic E-state index is 12.5. The number of nitrogens with zero attached hydrogens (tertiary/aromatic N) is 1. The molecule has 1 aromatic heterocycles. The van der Waals surface area contributed by atoms with Gasteiger partial charge in [-0.2, -0.15) is 0 Å². The summed E-state index contributed by atoms with van der Waals surface area (Å²) in [5, 5.41) is 4.76. The number of hydrogen-bond donors (Lipinski definition) is 2. The molecular formula is C17H21N3O. The molecule has 0 aliphatic heterocycles. The molecule has 1 heterocycles. The topological polar surface area (TPSA) is 68.0 Å². The molecule has 0 atom stereocenters. The molecule has 1 aliphatic rings. The van der Waals surface area contributed by atoms with Crippen LogP contribution in [0.15, 0.2) is 30.5 Å². The van der Waals surface area contributed by atoms with Gasteiger partial charge in [0.1, 0.15) is 5.82 Å². The van der Waals surface area contributed by atoms with Gasteiger partial charge in [-0.25, -0.2) is 4.98 Å². The fourth-order valence-corrected chi connectivity index (χ4v) is 3.19. The van der Waals surface area contributed by atoms with Gasteiger partial charge in [-0.05, 0) is 23.6 Å². The van der Waals surface area contributed by atoms with E-state index in [9.17, 15) is 4.79 Å². The zero-order valence-electron chi connectivity index (χ0n) is 12.4. The van der Waals surface area contributed by atoms with E-state index in [-0.39, 0.29) is 11.3 Å². The normalized spacial score (nSPS) is 17.0. The summed E-state index contributed by atoms with van der Waals surface area (Å²) >= 11 is 0. The number of aromatic nitrogens is 1. The van der Waals surface area contributed by atoms with Crippen LogP contribution < -0.4 is 11.1 Å². The van der Waals surface area contributed by atoms with E-state index in [0.717, 1.165) is 17.3 Å². The summed E-state index contributed by atoms with van der Waals surface area (Å²) in [6, 6.07) is 7.63. The van der Waals surface area contributed by atoms with E-state index in [1.807, 2.05) is 24.3 Å². The summed E-state index contributed by atoms with van der Waals surface area (Å²) in [5.74, 6) is 0.400. The Balaban J connectivity index is 1.83. The smallest absolute Gasteiger partial charge is 0.253 e. The summed E-state index contributed by atoms with van der Waals surface area (Å²) < 4.78 is 0. The van der Waals surface area contributed by atoms with Crippen LogP contribution in [-0.2, 0) is 0 Å². The minimum atomic E-state index is -0.0631. The fourth-order valence-electron chi connectivity index (χ4n) is 3.19. The maximum absolute atomic E-state index is 12.5. The first kappa shape index (κ1) is 13.9. The highest BCUT2D eigenvalue weighted by Gasteiger charge is 2.29. The van der Waals surface area contributed by atoms with Crippen molar-refractivity contribution < 1.29 is 4.79 Å². The second-order valence-electron chi connectivity index (χ2n) is 6.30. The number of nitrogen functional groups attached to an aromatic ring is 1. The molecule has 2 aromatic rings. The second kappa shape index (κ2) is 5.35. The largest absolute Gasteiger partial charge is 0.383 e. The zero-order valence-corrected chi connectivity index (χ0v) is 12.4. The van der Waals surface area contributed by atoms with Gasteiger partial charge in [0.05, 0.1) is 5.56 Å². The van der Waals surface area contributed by atoms with Crippen molar-refractivity contribution in [3.8, 4) is 0 Å². The highest BCUT2D eigenvalue weighted by atomic mass is 16.1. The molecule has 1 aromatic carbocycles. The van der Waals surface area contributed by atoms with Crippen LogP contribution in [0.5, 0.6) is 0 Å². The summed E-state index contributed by atoms with van der Waals surface area (Å²) in [6.45, 7) is 2.98. The fraction of sp³-hybridized carbons (Fsp3) is 0.412. The van der Waals surface area contributed by atoms with Crippen molar-refractivity contribution in [2.75, 3.05) is 12.3 Å². The van der Waals surface area contributed by atoms with E-state index >= 15 is 0 Å². The molecule has 0 bridgehead atoms. The Morgan fingerprint density at radius 2 is 1.95 bits per heavy atom. The van der Waals surface area contributed by atoms with Gasteiger partial charge < -0.3 is 11.1 Å². The number of anilines is 1. The molecule has 0 spiro atoms. The van der Waals surface area contributed by atoms with Gasteiger partial charge in [-0.3, -0.25) is 4.79 Å². The summed E-state index contributed by atoms with van der Waals surface area (Å²) in [7, 11) is 0. The summed E-state index contributed by atoms with van der Waals surface area (Å²) in [5.41, 5.74) is 6.72. The number of amides is 1. The van der Waals surface area contributed by atoms with Crippen molar-refractivity contribution in [3.63, 3.8) is 0 Å². The van der Waals surface area contributed by atoms with Crippen LogP contribution in [0.1, 0.15) is 43.0 Å². The summed E-state index contributed by atoms with van der Waals surface area (Å²) in [4.78, 5) is 16.6. The average Bonchev–Trinajstić information content (AvgIpc) is 2.93. The lowest BCUT2D eigenvalue weighted by atomic mass is 9.89. The first-order valence-corrected chi connectivity index (χ1v) is 7.50. The lowest BCUT2D eigenvalue weighted by molar-refractivity contribution is 0.0935. The highest BCUT2D eigenvalue weighted by Crippen LogP contribution is 2.36. The van der Waals surface area contributed by atoms with Crippen molar-refractivity contribution in [1.29, 1.82) is 0 Å². The Bertz CT molecular complexity index is 675. The molecule has 1 amide bonds. The second-order valence-corrected chi connectivity index (χ2v) is 6.30. The van der Waals surface area contributed by atoms with Gasteiger partial charge in [0, 0.05) is 18.1 Å². The molecule has 110 valence electrons. The molecule has 0 saturated heterocycles. The first-order valence-electron chi connectivity index (χ1n) is 7.50. The maximum Gasteiger partial charge on any atom is 0.253 e. The van der Waals surface area contributed by atoms with E-state index in [2.05, 4.69) is 17.2 Å². The molecule has 1 fully saturated rings. The van der Waals surface area contributed by atoms with Crippen LogP contribution in [0.3, 0.4) is 0 Å². The van der Waals surface area contributed by atoms with Crippen LogP contribution in [0.25, 0.3) is 10.8 Å². The summed E-state index contributed by atoms with van der Waals surface area (Å²) in [6.07, 6.45) is 6.48. The molecule has 0 unspecified atom stereocenters. The van der Waals surface area contributed by atoms with Crippen molar-refractivity contribution in [1.82, 2.24) is 10.3 Å². The molecule has 1 saturated carbocycles. The van der Waals surface area contributed by atoms with Crippen molar-refractivity contribution in [3.05, 3.63) is 36.0 Å². The quantitative estimate of drug-likeness (QED) is 0.909. The van der Waals surface area contributed by atoms with Crippen molar-refractivity contribution in [2.45, 2.75) is 32.6 Å².